The van der Waals surface area contributed by atoms with E-state index < -0.39 is 11.5 Å². The van der Waals surface area contributed by atoms with Gasteiger partial charge in [-0.25, -0.2) is 4.79 Å². The molecule has 0 atom stereocenters. The first-order valence-corrected chi connectivity index (χ1v) is 8.99. The van der Waals surface area contributed by atoms with Gasteiger partial charge in [-0.3, -0.25) is 4.79 Å². The number of amides is 2. The summed E-state index contributed by atoms with van der Waals surface area (Å²) in [6, 6.07) is 13.4. The van der Waals surface area contributed by atoms with Gasteiger partial charge >= 0.3 is 12.0 Å². The summed E-state index contributed by atoms with van der Waals surface area (Å²) in [4.78, 5) is 23.0. The molecule has 27 heavy (non-hydrogen) atoms. The molecule has 3 rings (SSSR count). The van der Waals surface area contributed by atoms with Crippen LogP contribution in [0.15, 0.2) is 42.5 Å². The van der Waals surface area contributed by atoms with Gasteiger partial charge in [0.1, 0.15) is 5.75 Å². The second-order valence-corrected chi connectivity index (χ2v) is 7.36. The van der Waals surface area contributed by atoms with Crippen LogP contribution in [0, 0.1) is 0 Å². The summed E-state index contributed by atoms with van der Waals surface area (Å²) in [5, 5.41) is 14.5. The van der Waals surface area contributed by atoms with Gasteiger partial charge < -0.3 is 20.5 Å². The molecule has 0 radical (unpaired) electrons. The lowest BCUT2D eigenvalue weighted by Gasteiger charge is -2.25. The van der Waals surface area contributed by atoms with Gasteiger partial charge in [-0.15, -0.1) is 0 Å². The largest absolute Gasteiger partial charge is 0.493 e. The fourth-order valence-corrected chi connectivity index (χ4v) is 3.09. The third-order valence-corrected chi connectivity index (χ3v) is 4.56. The van der Waals surface area contributed by atoms with Crippen LogP contribution in [0.2, 0.25) is 0 Å². The van der Waals surface area contributed by atoms with Gasteiger partial charge in [-0.05, 0) is 61.2 Å². The summed E-state index contributed by atoms with van der Waals surface area (Å²) < 4.78 is 5.54. The molecule has 2 aromatic carbocycles. The molecule has 6 heteroatoms. The molecular formula is C21H24N2O4. The van der Waals surface area contributed by atoms with Gasteiger partial charge in [-0.2, -0.15) is 0 Å². The smallest absolute Gasteiger partial charge is 0.319 e. The zero-order valence-corrected chi connectivity index (χ0v) is 15.5. The van der Waals surface area contributed by atoms with Crippen molar-refractivity contribution < 1.29 is 19.4 Å². The number of carbonyl (C=O) groups excluding carboxylic acids is 1. The molecule has 0 unspecified atom stereocenters. The van der Waals surface area contributed by atoms with Gasteiger partial charge in [0.05, 0.1) is 6.61 Å². The Morgan fingerprint density at radius 2 is 1.93 bits per heavy atom. The zero-order valence-electron chi connectivity index (χ0n) is 15.5. The maximum absolute atomic E-state index is 12.3. The van der Waals surface area contributed by atoms with Crippen molar-refractivity contribution in [2.75, 3.05) is 11.9 Å². The Morgan fingerprint density at radius 1 is 1.15 bits per heavy atom. The molecule has 3 N–H and O–H groups in total. The summed E-state index contributed by atoms with van der Waals surface area (Å²) in [5.41, 5.74) is 3.34. The number of rotatable bonds is 6. The third kappa shape index (κ3) is 5.00. The lowest BCUT2D eigenvalue weighted by Crippen LogP contribution is -2.45. The fraction of sp³-hybridized carbons (Fsp3) is 0.333. The van der Waals surface area contributed by atoms with Gasteiger partial charge in [0, 0.05) is 24.1 Å². The van der Waals surface area contributed by atoms with E-state index in [1.807, 2.05) is 36.4 Å². The molecular weight excluding hydrogens is 344 g/mol. The number of aliphatic carboxylic acids is 1. The molecule has 1 aliphatic heterocycles. The predicted octanol–water partition coefficient (Wildman–Crippen LogP) is 4.05. The number of carboxylic acids is 1. The third-order valence-electron chi connectivity index (χ3n) is 4.56. The van der Waals surface area contributed by atoms with Crippen LogP contribution in [0.5, 0.6) is 5.75 Å². The monoisotopic (exact) mass is 368 g/mol. The van der Waals surface area contributed by atoms with E-state index in [9.17, 15) is 9.59 Å². The van der Waals surface area contributed by atoms with Gasteiger partial charge in [0.2, 0.25) is 0 Å². The van der Waals surface area contributed by atoms with Crippen LogP contribution < -0.4 is 15.4 Å². The van der Waals surface area contributed by atoms with E-state index in [2.05, 4.69) is 16.7 Å². The minimum absolute atomic E-state index is 0.00477. The highest BCUT2D eigenvalue weighted by atomic mass is 16.5. The van der Waals surface area contributed by atoms with E-state index in [0.717, 1.165) is 29.9 Å². The first kappa shape index (κ1) is 18.8. The Labute approximate surface area is 158 Å². The Hall–Kier alpha value is -3.02. The minimum Gasteiger partial charge on any atom is -0.493 e. The molecule has 2 aromatic rings. The predicted molar refractivity (Wildman–Crippen MR) is 104 cm³/mol. The standard InChI is InChI=1S/C21H24N2O4/c1-21(2,10-8-19(24)25)23-20(26)22-17-5-3-4-14(13-17)15-6-7-18-16(12-15)9-11-27-18/h3-7,12-13H,8-11H2,1-2H3,(H,24,25)(H2,22,23,26). The molecule has 0 fully saturated rings. The minimum atomic E-state index is -0.877. The van der Waals surface area contributed by atoms with Crippen molar-refractivity contribution in [3.63, 3.8) is 0 Å². The normalized spacial score (nSPS) is 12.8. The summed E-state index contributed by atoms with van der Waals surface area (Å²) in [7, 11) is 0. The Kier molecular flexibility index (Phi) is 5.35. The van der Waals surface area contributed by atoms with Gasteiger partial charge in [0.15, 0.2) is 0 Å². The summed E-state index contributed by atoms with van der Waals surface area (Å²) in [6.07, 6.45) is 1.27. The highest BCUT2D eigenvalue weighted by Gasteiger charge is 2.21. The summed E-state index contributed by atoms with van der Waals surface area (Å²) in [6.45, 7) is 4.33. The van der Waals surface area contributed by atoms with E-state index in [1.54, 1.807) is 13.8 Å². The van der Waals surface area contributed by atoms with E-state index in [1.165, 1.54) is 5.56 Å². The number of anilines is 1. The number of carboxylic acid groups (broad SMARTS) is 1. The van der Waals surface area contributed by atoms with Crippen molar-refractivity contribution in [1.29, 1.82) is 0 Å². The number of benzene rings is 2. The van der Waals surface area contributed by atoms with Crippen molar-refractivity contribution in [3.05, 3.63) is 48.0 Å². The molecule has 0 aromatic heterocycles. The Balaban J connectivity index is 1.67. The molecule has 1 heterocycles. The van der Waals surface area contributed by atoms with Gasteiger partial charge in [0.25, 0.3) is 0 Å². The number of urea groups is 1. The lowest BCUT2D eigenvalue weighted by atomic mass is 9.99. The SMILES string of the molecule is CC(C)(CCC(=O)O)NC(=O)Nc1cccc(-c2ccc3c(c2)CCO3)c1. The number of hydrogen-bond donors (Lipinski definition) is 3. The second-order valence-electron chi connectivity index (χ2n) is 7.36. The number of hydrogen-bond acceptors (Lipinski definition) is 3. The van der Waals surface area contributed by atoms with Crippen molar-refractivity contribution in [2.45, 2.75) is 38.6 Å². The van der Waals surface area contributed by atoms with E-state index in [4.69, 9.17) is 9.84 Å². The first-order chi connectivity index (χ1) is 12.8. The van der Waals surface area contributed by atoms with Crippen LogP contribution in [0.1, 0.15) is 32.3 Å². The Morgan fingerprint density at radius 3 is 2.70 bits per heavy atom. The van der Waals surface area contributed by atoms with Crippen molar-refractivity contribution in [1.82, 2.24) is 5.32 Å². The number of ether oxygens (including phenoxy) is 1. The lowest BCUT2D eigenvalue weighted by molar-refractivity contribution is -0.137. The Bertz CT molecular complexity index is 861. The molecule has 0 saturated heterocycles. The van der Waals surface area contributed by atoms with E-state index in [0.29, 0.717) is 12.1 Å². The molecule has 0 bridgehead atoms. The first-order valence-electron chi connectivity index (χ1n) is 8.99. The van der Waals surface area contributed by atoms with Gasteiger partial charge in [-0.1, -0.05) is 18.2 Å². The maximum atomic E-state index is 12.3. The molecule has 1 aliphatic rings. The highest BCUT2D eigenvalue weighted by Crippen LogP contribution is 2.31. The topological polar surface area (TPSA) is 87.7 Å². The summed E-state index contributed by atoms with van der Waals surface area (Å²) >= 11 is 0. The quantitative estimate of drug-likeness (QED) is 0.718. The fourth-order valence-electron chi connectivity index (χ4n) is 3.09. The molecule has 0 spiro atoms. The van der Waals surface area contributed by atoms with Crippen LogP contribution in [-0.2, 0) is 11.2 Å². The average molecular weight is 368 g/mol. The van der Waals surface area contributed by atoms with Crippen LogP contribution in [0.3, 0.4) is 0 Å². The van der Waals surface area contributed by atoms with Crippen molar-refractivity contribution in [3.8, 4) is 16.9 Å². The molecule has 0 saturated carbocycles. The van der Waals surface area contributed by atoms with Crippen LogP contribution in [-0.4, -0.2) is 29.3 Å². The van der Waals surface area contributed by atoms with Crippen LogP contribution in [0.25, 0.3) is 11.1 Å². The number of carbonyl (C=O) groups is 2. The number of nitrogens with one attached hydrogen (secondary N) is 2. The highest BCUT2D eigenvalue weighted by molar-refractivity contribution is 5.90. The van der Waals surface area contributed by atoms with Crippen molar-refractivity contribution >= 4 is 17.7 Å². The van der Waals surface area contributed by atoms with E-state index >= 15 is 0 Å². The average Bonchev–Trinajstić information content (AvgIpc) is 3.07. The molecule has 0 aliphatic carbocycles. The molecule has 142 valence electrons. The second kappa shape index (κ2) is 7.70. The number of fused-ring (bicyclic) bond motifs is 1. The molecule has 6 nitrogen and oxygen atoms in total. The van der Waals surface area contributed by atoms with Crippen LogP contribution >= 0.6 is 0 Å². The van der Waals surface area contributed by atoms with Crippen molar-refractivity contribution in [2.24, 2.45) is 0 Å². The van der Waals surface area contributed by atoms with Crippen LogP contribution in [0.4, 0.5) is 10.5 Å². The molecule has 2 amide bonds. The van der Waals surface area contributed by atoms with E-state index in [-0.39, 0.29) is 12.5 Å². The summed E-state index contributed by atoms with van der Waals surface area (Å²) in [5.74, 6) is 0.0636. The maximum Gasteiger partial charge on any atom is 0.319 e. The zero-order chi connectivity index (χ0) is 19.4.